The fourth-order valence-corrected chi connectivity index (χ4v) is 5.82. The molecule has 2 aromatic rings. The van der Waals surface area contributed by atoms with Crippen molar-refractivity contribution in [3.63, 3.8) is 0 Å². The normalized spacial score (nSPS) is 26.8. The largest absolute Gasteiger partial charge is 0.320 e. The summed E-state index contributed by atoms with van der Waals surface area (Å²) in [4.78, 5) is 0. The highest BCUT2D eigenvalue weighted by atomic mass is 31.2. The molecule has 1 aromatic carbocycles. The van der Waals surface area contributed by atoms with E-state index in [0.29, 0.717) is 0 Å². The molecule has 4 heteroatoms. The Morgan fingerprint density at radius 3 is 2.58 bits per heavy atom. The van der Waals surface area contributed by atoms with Crippen LogP contribution in [0.5, 0.6) is 0 Å². The minimum atomic E-state index is -0.400. The summed E-state index contributed by atoms with van der Waals surface area (Å²) in [5.41, 5.74) is 1.36. The second kappa shape index (κ2) is 4.66. The van der Waals surface area contributed by atoms with E-state index in [0.717, 1.165) is 6.04 Å². The van der Waals surface area contributed by atoms with E-state index in [2.05, 4.69) is 68.5 Å². The molecule has 0 bridgehead atoms. The van der Waals surface area contributed by atoms with Crippen molar-refractivity contribution in [2.24, 2.45) is 0 Å². The van der Waals surface area contributed by atoms with Crippen LogP contribution in [0.4, 0.5) is 5.69 Å². The van der Waals surface area contributed by atoms with Crippen molar-refractivity contribution in [3.05, 3.63) is 54.9 Å². The molecule has 0 N–H and O–H groups in total. The molecule has 0 spiro atoms. The highest BCUT2D eigenvalue weighted by molar-refractivity contribution is 7.55. The van der Waals surface area contributed by atoms with Crippen LogP contribution in [0.3, 0.4) is 0 Å². The molecule has 0 aliphatic carbocycles. The molecule has 3 heterocycles. The van der Waals surface area contributed by atoms with E-state index in [4.69, 9.17) is 0 Å². The van der Waals surface area contributed by atoms with Crippen LogP contribution in [-0.2, 0) is 0 Å². The molecule has 2 atom stereocenters. The Balaban J connectivity index is 1.74. The molecule has 0 radical (unpaired) electrons. The van der Waals surface area contributed by atoms with Crippen molar-refractivity contribution < 1.29 is 0 Å². The number of nitrogens with zero attached hydrogens (tertiary/aromatic N) is 3. The molecule has 1 aromatic heterocycles. The molecule has 0 unspecified atom stereocenters. The summed E-state index contributed by atoms with van der Waals surface area (Å²) in [6, 6.07) is 15.9. The molecule has 0 saturated carbocycles. The van der Waals surface area contributed by atoms with Crippen LogP contribution in [0.25, 0.3) is 0 Å². The number of benzene rings is 1. The fourth-order valence-electron chi connectivity index (χ4n) is 3.16. The van der Waals surface area contributed by atoms with E-state index < -0.39 is 8.37 Å². The first-order valence-corrected chi connectivity index (χ1v) is 8.16. The van der Waals surface area contributed by atoms with Gasteiger partial charge in [0.1, 0.15) is 0 Å². The molecule has 0 amide bonds. The van der Waals surface area contributed by atoms with Crippen LogP contribution in [0.1, 0.15) is 12.8 Å². The van der Waals surface area contributed by atoms with Gasteiger partial charge in [0, 0.05) is 37.2 Å². The predicted molar refractivity (Wildman–Crippen MR) is 80.3 cm³/mol. The van der Waals surface area contributed by atoms with Crippen LogP contribution < -0.4 is 4.67 Å². The van der Waals surface area contributed by atoms with Gasteiger partial charge >= 0.3 is 0 Å². The SMILES string of the molecule is c1ccc(N2C[C@@H]3CCCN3[P@@]2n2cccc2)cc1. The van der Waals surface area contributed by atoms with Crippen molar-refractivity contribution in [3.8, 4) is 0 Å². The van der Waals surface area contributed by atoms with E-state index in [9.17, 15) is 0 Å². The zero-order valence-corrected chi connectivity index (χ0v) is 11.8. The maximum Gasteiger partial charge on any atom is 0.182 e. The first-order chi connectivity index (χ1) is 9.43. The Morgan fingerprint density at radius 1 is 1.00 bits per heavy atom. The van der Waals surface area contributed by atoms with Gasteiger partial charge in [0.2, 0.25) is 0 Å². The molecule has 98 valence electrons. The third kappa shape index (κ3) is 1.89. The molecule has 2 saturated heterocycles. The molecule has 2 aliphatic rings. The van der Waals surface area contributed by atoms with Crippen LogP contribution in [-0.4, -0.2) is 28.1 Å². The Morgan fingerprint density at radius 2 is 1.79 bits per heavy atom. The first kappa shape index (κ1) is 11.5. The summed E-state index contributed by atoms with van der Waals surface area (Å²) in [5, 5.41) is 0. The van der Waals surface area contributed by atoms with Gasteiger partial charge in [-0.3, -0.25) is 0 Å². The molecular weight excluding hydrogens is 253 g/mol. The Hall–Kier alpha value is -1.31. The lowest BCUT2D eigenvalue weighted by Gasteiger charge is -2.30. The Kier molecular flexibility index (Phi) is 2.82. The smallest absolute Gasteiger partial charge is 0.182 e. The predicted octanol–water partition coefficient (Wildman–Crippen LogP) is 3.55. The minimum absolute atomic E-state index is 0.400. The van der Waals surface area contributed by atoms with Crippen molar-refractivity contribution in [2.45, 2.75) is 18.9 Å². The average molecular weight is 271 g/mol. The van der Waals surface area contributed by atoms with Crippen molar-refractivity contribution in [1.29, 1.82) is 0 Å². The lowest BCUT2D eigenvalue weighted by Crippen LogP contribution is -2.20. The molecular formula is C15H18N3P. The summed E-state index contributed by atoms with van der Waals surface area (Å²) in [5.74, 6) is 0. The first-order valence-electron chi connectivity index (χ1n) is 6.96. The van der Waals surface area contributed by atoms with Gasteiger partial charge in [-0.2, -0.15) is 0 Å². The quantitative estimate of drug-likeness (QED) is 0.774. The number of rotatable bonds is 2. The monoisotopic (exact) mass is 271 g/mol. The summed E-state index contributed by atoms with van der Waals surface area (Å²) in [7, 11) is -0.400. The molecule has 3 nitrogen and oxygen atoms in total. The van der Waals surface area contributed by atoms with E-state index >= 15 is 0 Å². The van der Waals surface area contributed by atoms with Crippen molar-refractivity contribution in [2.75, 3.05) is 17.8 Å². The number of hydrogen-bond donors (Lipinski definition) is 0. The molecule has 19 heavy (non-hydrogen) atoms. The average Bonchev–Trinajstić information content (AvgIpc) is 3.15. The van der Waals surface area contributed by atoms with Gasteiger partial charge in [-0.25, -0.2) is 4.67 Å². The van der Waals surface area contributed by atoms with Gasteiger partial charge in [-0.1, -0.05) is 18.2 Å². The maximum absolute atomic E-state index is 2.71. The van der Waals surface area contributed by atoms with E-state index in [-0.39, 0.29) is 0 Å². The van der Waals surface area contributed by atoms with Gasteiger partial charge in [0.15, 0.2) is 8.37 Å². The zero-order valence-electron chi connectivity index (χ0n) is 10.9. The van der Waals surface area contributed by atoms with Crippen LogP contribution in [0.15, 0.2) is 54.9 Å². The van der Waals surface area contributed by atoms with Gasteiger partial charge in [-0.15, -0.1) is 0 Å². The van der Waals surface area contributed by atoms with Crippen LogP contribution in [0, 0.1) is 0 Å². The number of para-hydroxylation sites is 1. The van der Waals surface area contributed by atoms with Gasteiger partial charge in [0.05, 0.1) is 0 Å². The second-order valence-electron chi connectivity index (χ2n) is 5.21. The van der Waals surface area contributed by atoms with E-state index in [1.165, 1.54) is 31.6 Å². The number of aromatic nitrogens is 1. The summed E-state index contributed by atoms with van der Waals surface area (Å²) in [6.07, 6.45) is 7.13. The van der Waals surface area contributed by atoms with E-state index in [1.54, 1.807) is 0 Å². The molecule has 2 aliphatic heterocycles. The Labute approximate surface area is 115 Å². The van der Waals surface area contributed by atoms with Crippen LogP contribution in [0.2, 0.25) is 0 Å². The summed E-state index contributed by atoms with van der Waals surface area (Å²) < 4.78 is 7.70. The van der Waals surface area contributed by atoms with Crippen molar-refractivity contribution >= 4 is 14.1 Å². The number of fused-ring (bicyclic) bond motifs is 1. The third-order valence-electron chi connectivity index (χ3n) is 4.02. The Bertz CT molecular complexity index is 540. The summed E-state index contributed by atoms with van der Waals surface area (Å²) in [6.45, 7) is 2.42. The zero-order chi connectivity index (χ0) is 12.7. The highest BCUT2D eigenvalue weighted by Gasteiger charge is 2.43. The highest BCUT2D eigenvalue weighted by Crippen LogP contribution is 2.56. The van der Waals surface area contributed by atoms with Gasteiger partial charge in [0.25, 0.3) is 0 Å². The molecule has 4 rings (SSSR count). The number of anilines is 1. The maximum atomic E-state index is 2.71. The standard InChI is InChI=1S/C15H18N3P/c1-2-7-14(8-3-1)18-13-15-9-6-12-17(15)19(18)16-10-4-5-11-16/h1-5,7-8,10-11,15H,6,9,12-13H2/t15-,19+/m0/s1. The minimum Gasteiger partial charge on any atom is -0.320 e. The fraction of sp³-hybridized carbons (Fsp3) is 0.333. The van der Waals surface area contributed by atoms with Crippen molar-refractivity contribution in [1.82, 2.24) is 9.01 Å². The van der Waals surface area contributed by atoms with Gasteiger partial charge in [-0.05, 0) is 37.1 Å². The molecule has 2 fully saturated rings. The lowest BCUT2D eigenvalue weighted by molar-refractivity contribution is 0.462. The third-order valence-corrected chi connectivity index (χ3v) is 6.52. The number of hydrogen-bond acceptors (Lipinski definition) is 2. The lowest BCUT2D eigenvalue weighted by atomic mass is 10.2. The van der Waals surface area contributed by atoms with Gasteiger partial charge < -0.3 is 9.01 Å². The summed E-state index contributed by atoms with van der Waals surface area (Å²) >= 11 is 0. The second-order valence-corrected chi connectivity index (χ2v) is 7.20. The van der Waals surface area contributed by atoms with Crippen LogP contribution >= 0.6 is 8.37 Å². The van der Waals surface area contributed by atoms with E-state index in [1.807, 2.05) is 0 Å². The topological polar surface area (TPSA) is 11.4 Å².